The van der Waals surface area contributed by atoms with E-state index in [2.05, 4.69) is 38.1 Å². The lowest BCUT2D eigenvalue weighted by Crippen LogP contribution is -2.19. The van der Waals surface area contributed by atoms with E-state index in [4.69, 9.17) is 4.42 Å². The molecule has 0 aliphatic heterocycles. The van der Waals surface area contributed by atoms with E-state index < -0.39 is 0 Å². The van der Waals surface area contributed by atoms with Crippen molar-refractivity contribution in [3.63, 3.8) is 0 Å². The van der Waals surface area contributed by atoms with Crippen LogP contribution in [0.4, 0.5) is 0 Å². The van der Waals surface area contributed by atoms with E-state index in [1.165, 1.54) is 12.8 Å². The zero-order valence-corrected chi connectivity index (χ0v) is 12.1. The van der Waals surface area contributed by atoms with Gasteiger partial charge in [0, 0.05) is 22.6 Å². The van der Waals surface area contributed by atoms with E-state index in [-0.39, 0.29) is 0 Å². The van der Waals surface area contributed by atoms with Gasteiger partial charge in [-0.2, -0.15) is 0 Å². The van der Waals surface area contributed by atoms with Gasteiger partial charge in [0.1, 0.15) is 0 Å². The van der Waals surface area contributed by atoms with Crippen LogP contribution in [0.5, 0.6) is 0 Å². The second-order valence-electron chi connectivity index (χ2n) is 4.46. The highest BCUT2D eigenvalue weighted by atomic mass is 127. The van der Waals surface area contributed by atoms with Crippen LogP contribution < -0.4 is 5.32 Å². The number of hydrogen-bond donors (Lipinski definition) is 1. The molecule has 1 saturated carbocycles. The summed E-state index contributed by atoms with van der Waals surface area (Å²) in [7, 11) is 0. The highest BCUT2D eigenvalue weighted by molar-refractivity contribution is 14.1. The maximum Gasteiger partial charge on any atom is 0.248 e. The maximum atomic E-state index is 5.69. The van der Waals surface area contributed by atoms with Gasteiger partial charge >= 0.3 is 0 Å². The number of hydrogen-bond acceptors (Lipinski definition) is 4. The van der Waals surface area contributed by atoms with Gasteiger partial charge in [-0.25, -0.2) is 0 Å². The van der Waals surface area contributed by atoms with Gasteiger partial charge in [-0.15, -0.1) is 10.2 Å². The Morgan fingerprint density at radius 2 is 2.11 bits per heavy atom. The Bertz CT molecular complexity index is 537. The molecular formula is C13H14IN3O. The van der Waals surface area contributed by atoms with Crippen LogP contribution in [-0.2, 0) is 6.42 Å². The summed E-state index contributed by atoms with van der Waals surface area (Å²) in [6, 6.07) is 8.75. The minimum Gasteiger partial charge on any atom is -0.421 e. The average molecular weight is 355 g/mol. The second-order valence-corrected chi connectivity index (χ2v) is 5.62. The molecular weight excluding hydrogens is 341 g/mol. The van der Waals surface area contributed by atoms with Crippen LogP contribution in [0.25, 0.3) is 11.5 Å². The SMILES string of the molecule is Ic1ccccc1-c1nnc(CCNC2CC2)o1. The summed E-state index contributed by atoms with van der Waals surface area (Å²) < 4.78 is 6.81. The van der Waals surface area contributed by atoms with Crippen molar-refractivity contribution in [2.75, 3.05) is 6.54 Å². The fraction of sp³-hybridized carbons (Fsp3) is 0.385. The molecule has 0 atom stereocenters. The maximum absolute atomic E-state index is 5.69. The molecule has 5 heteroatoms. The predicted molar refractivity (Wildman–Crippen MR) is 77.2 cm³/mol. The van der Waals surface area contributed by atoms with Crippen molar-refractivity contribution in [3.05, 3.63) is 33.7 Å². The van der Waals surface area contributed by atoms with E-state index in [9.17, 15) is 0 Å². The Kier molecular flexibility index (Phi) is 3.60. The van der Waals surface area contributed by atoms with E-state index in [1.54, 1.807) is 0 Å². The predicted octanol–water partition coefficient (Wildman–Crippen LogP) is 2.64. The van der Waals surface area contributed by atoms with Crippen molar-refractivity contribution in [2.24, 2.45) is 0 Å². The first-order chi connectivity index (χ1) is 8.83. The Hall–Kier alpha value is -0.950. The van der Waals surface area contributed by atoms with Crippen LogP contribution in [0.3, 0.4) is 0 Å². The molecule has 1 aliphatic carbocycles. The van der Waals surface area contributed by atoms with Crippen LogP contribution >= 0.6 is 22.6 Å². The van der Waals surface area contributed by atoms with Crippen LogP contribution in [0.2, 0.25) is 0 Å². The number of aromatic nitrogens is 2. The van der Waals surface area contributed by atoms with E-state index in [1.807, 2.05) is 24.3 Å². The molecule has 1 aromatic carbocycles. The van der Waals surface area contributed by atoms with Crippen molar-refractivity contribution in [1.29, 1.82) is 0 Å². The summed E-state index contributed by atoms with van der Waals surface area (Å²) in [6.45, 7) is 0.915. The van der Waals surface area contributed by atoms with Crippen molar-refractivity contribution in [3.8, 4) is 11.5 Å². The Labute approximate surface area is 119 Å². The summed E-state index contributed by atoms with van der Waals surface area (Å²) in [5.74, 6) is 1.32. The minimum atomic E-state index is 0.612. The summed E-state index contributed by atoms with van der Waals surface area (Å²) in [5, 5.41) is 11.6. The first-order valence-corrected chi connectivity index (χ1v) is 7.21. The van der Waals surface area contributed by atoms with Gasteiger partial charge in [0.15, 0.2) is 0 Å². The van der Waals surface area contributed by atoms with Crippen LogP contribution in [0.15, 0.2) is 28.7 Å². The van der Waals surface area contributed by atoms with Gasteiger partial charge in [0.25, 0.3) is 0 Å². The fourth-order valence-corrected chi connectivity index (χ4v) is 2.39. The number of halogens is 1. The highest BCUT2D eigenvalue weighted by Crippen LogP contribution is 2.23. The number of rotatable bonds is 5. The third-order valence-electron chi connectivity index (χ3n) is 2.92. The van der Waals surface area contributed by atoms with Crippen molar-refractivity contribution in [1.82, 2.24) is 15.5 Å². The van der Waals surface area contributed by atoms with E-state index in [0.717, 1.165) is 28.1 Å². The van der Waals surface area contributed by atoms with Gasteiger partial charge in [-0.05, 0) is 47.6 Å². The lowest BCUT2D eigenvalue weighted by molar-refractivity contribution is 0.494. The van der Waals surface area contributed by atoms with Gasteiger partial charge in [-0.1, -0.05) is 12.1 Å². The molecule has 1 fully saturated rings. The molecule has 1 heterocycles. The first kappa shape index (κ1) is 12.1. The second kappa shape index (κ2) is 5.36. The molecule has 2 aromatic rings. The normalized spacial score (nSPS) is 14.9. The van der Waals surface area contributed by atoms with Gasteiger partial charge in [0.2, 0.25) is 11.8 Å². The molecule has 0 amide bonds. The van der Waals surface area contributed by atoms with Crippen molar-refractivity contribution >= 4 is 22.6 Å². The van der Waals surface area contributed by atoms with E-state index in [0.29, 0.717) is 11.8 Å². The molecule has 1 aromatic heterocycles. The lowest BCUT2D eigenvalue weighted by atomic mass is 10.2. The largest absolute Gasteiger partial charge is 0.421 e. The van der Waals surface area contributed by atoms with Gasteiger partial charge < -0.3 is 9.73 Å². The monoisotopic (exact) mass is 355 g/mol. The molecule has 94 valence electrons. The Morgan fingerprint density at radius 1 is 1.28 bits per heavy atom. The third-order valence-corrected chi connectivity index (χ3v) is 3.86. The molecule has 3 rings (SSSR count). The summed E-state index contributed by atoms with van der Waals surface area (Å²) in [5.41, 5.74) is 1.01. The van der Waals surface area contributed by atoms with E-state index >= 15 is 0 Å². The summed E-state index contributed by atoms with van der Waals surface area (Å²) in [4.78, 5) is 0. The molecule has 1 N–H and O–H groups in total. The summed E-state index contributed by atoms with van der Waals surface area (Å²) >= 11 is 2.28. The van der Waals surface area contributed by atoms with Crippen molar-refractivity contribution in [2.45, 2.75) is 25.3 Å². The molecule has 0 spiro atoms. The molecule has 0 unspecified atom stereocenters. The Morgan fingerprint density at radius 3 is 2.89 bits per heavy atom. The molecule has 0 radical (unpaired) electrons. The molecule has 4 nitrogen and oxygen atoms in total. The highest BCUT2D eigenvalue weighted by Gasteiger charge is 2.20. The number of benzene rings is 1. The van der Waals surface area contributed by atoms with Gasteiger partial charge in [-0.3, -0.25) is 0 Å². The van der Waals surface area contributed by atoms with Crippen LogP contribution in [-0.4, -0.2) is 22.8 Å². The smallest absolute Gasteiger partial charge is 0.248 e. The molecule has 18 heavy (non-hydrogen) atoms. The standard InChI is InChI=1S/C13H14IN3O/c14-11-4-2-1-3-10(11)13-17-16-12(18-13)7-8-15-9-5-6-9/h1-4,9,15H,5-8H2. The minimum absolute atomic E-state index is 0.612. The van der Waals surface area contributed by atoms with Crippen molar-refractivity contribution < 1.29 is 4.42 Å². The van der Waals surface area contributed by atoms with Crippen LogP contribution in [0, 0.1) is 3.57 Å². The van der Waals surface area contributed by atoms with Crippen LogP contribution in [0.1, 0.15) is 18.7 Å². The summed E-state index contributed by atoms with van der Waals surface area (Å²) in [6.07, 6.45) is 3.40. The van der Waals surface area contributed by atoms with Gasteiger partial charge in [0.05, 0.1) is 5.56 Å². The third kappa shape index (κ3) is 2.89. The molecule has 0 saturated heterocycles. The topological polar surface area (TPSA) is 51.0 Å². The number of nitrogens with one attached hydrogen (secondary N) is 1. The number of nitrogens with zero attached hydrogens (tertiary/aromatic N) is 2. The quantitative estimate of drug-likeness (QED) is 0.838. The zero-order chi connectivity index (χ0) is 12.4. The zero-order valence-electron chi connectivity index (χ0n) is 9.90. The molecule has 1 aliphatic rings. The first-order valence-electron chi connectivity index (χ1n) is 6.13. The fourth-order valence-electron chi connectivity index (χ4n) is 1.77. The Balaban J connectivity index is 1.66. The average Bonchev–Trinajstić information content (AvgIpc) is 3.08. The molecule has 0 bridgehead atoms. The lowest BCUT2D eigenvalue weighted by Gasteiger charge is -1.99.